The van der Waals surface area contributed by atoms with Crippen molar-refractivity contribution < 1.29 is 28.8 Å². The molecule has 0 spiro atoms. The third kappa shape index (κ3) is 4.37. The normalized spacial score (nSPS) is 11.2. The molecule has 0 radical (unpaired) electrons. The lowest BCUT2D eigenvalue weighted by Gasteiger charge is -2.16. The number of fused-ring (bicyclic) bond motifs is 2. The van der Waals surface area contributed by atoms with E-state index in [0.717, 1.165) is 34.7 Å². The number of ether oxygens (including phenoxy) is 4. The molecule has 9 nitrogen and oxygen atoms in total. The second-order valence-electron chi connectivity index (χ2n) is 8.61. The third-order valence-electron chi connectivity index (χ3n) is 6.34. The highest BCUT2D eigenvalue weighted by molar-refractivity contribution is 7.00. The Morgan fingerprint density at radius 3 is 2.37 bits per heavy atom. The minimum absolute atomic E-state index is 0.120. The lowest BCUT2D eigenvalue weighted by molar-refractivity contribution is 0.0687. The maximum atomic E-state index is 12.9. The van der Waals surface area contributed by atoms with Crippen molar-refractivity contribution in [3.63, 3.8) is 0 Å². The average molecular weight is 534 g/mol. The molecule has 10 heteroatoms. The first-order valence-corrected chi connectivity index (χ1v) is 12.8. The van der Waals surface area contributed by atoms with Crippen LogP contribution in [0, 0.1) is 0 Å². The molecule has 196 valence electrons. The quantitative estimate of drug-likeness (QED) is 0.238. The molecule has 0 amide bonds. The van der Waals surface area contributed by atoms with Crippen molar-refractivity contribution in [3.05, 3.63) is 59.8 Å². The number of aromatic nitrogens is 3. The fourth-order valence-electron chi connectivity index (χ4n) is 4.65. The standard InChI is InChI=1S/C28H27N3O6S/c1-5-12-37-26-22(35-3)14-21-24(27(26)36-4)23(17-7-9-18(34-2)10-8-17)25(28(32)33)31(21)15-16-6-11-19-20(13-16)30-38-29-19/h6-11,13-14H,5,12,15H2,1-4H3,(H,32,33). The predicted octanol–water partition coefficient (Wildman–Crippen LogP) is 5.87. The van der Waals surface area contributed by atoms with Gasteiger partial charge >= 0.3 is 5.97 Å². The number of aromatic carboxylic acids is 1. The maximum absolute atomic E-state index is 12.9. The summed E-state index contributed by atoms with van der Waals surface area (Å²) in [5.74, 6) is 0.904. The second-order valence-corrected chi connectivity index (χ2v) is 9.14. The largest absolute Gasteiger partial charge is 0.497 e. The molecule has 0 unspecified atom stereocenters. The van der Waals surface area contributed by atoms with E-state index in [1.807, 2.05) is 43.3 Å². The zero-order chi connectivity index (χ0) is 26.8. The molecule has 5 rings (SSSR count). The summed E-state index contributed by atoms with van der Waals surface area (Å²) in [6, 6.07) is 14.8. The number of nitrogens with zero attached hydrogens (tertiary/aromatic N) is 3. The lowest BCUT2D eigenvalue weighted by atomic mass is 10.0. The van der Waals surface area contributed by atoms with E-state index in [-0.39, 0.29) is 12.2 Å². The van der Waals surface area contributed by atoms with Crippen molar-refractivity contribution in [2.75, 3.05) is 27.9 Å². The van der Waals surface area contributed by atoms with Gasteiger partial charge in [-0.15, -0.1) is 0 Å². The molecule has 5 aromatic rings. The van der Waals surface area contributed by atoms with Crippen LogP contribution in [-0.2, 0) is 6.54 Å². The molecule has 0 saturated heterocycles. The van der Waals surface area contributed by atoms with Gasteiger partial charge in [-0.1, -0.05) is 25.1 Å². The zero-order valence-electron chi connectivity index (χ0n) is 21.5. The summed E-state index contributed by atoms with van der Waals surface area (Å²) < 4.78 is 33.4. The van der Waals surface area contributed by atoms with Crippen LogP contribution < -0.4 is 18.9 Å². The molecule has 3 aromatic carbocycles. The number of carboxylic acids is 1. The van der Waals surface area contributed by atoms with Gasteiger partial charge in [-0.3, -0.25) is 0 Å². The molecule has 0 aliphatic rings. The molecule has 2 heterocycles. The van der Waals surface area contributed by atoms with E-state index >= 15 is 0 Å². The number of carbonyl (C=O) groups is 1. The Hall–Kier alpha value is -4.31. The first-order chi connectivity index (χ1) is 18.5. The van der Waals surface area contributed by atoms with Crippen LogP contribution in [0.1, 0.15) is 29.4 Å². The minimum atomic E-state index is -1.07. The van der Waals surface area contributed by atoms with Crippen molar-refractivity contribution in [2.24, 2.45) is 0 Å². The van der Waals surface area contributed by atoms with Crippen molar-refractivity contribution in [3.8, 4) is 34.1 Å². The lowest BCUT2D eigenvalue weighted by Crippen LogP contribution is -2.10. The Morgan fingerprint density at radius 1 is 0.947 bits per heavy atom. The summed E-state index contributed by atoms with van der Waals surface area (Å²) in [4.78, 5) is 12.9. The van der Waals surface area contributed by atoms with Gasteiger partial charge in [0.1, 0.15) is 22.5 Å². The van der Waals surface area contributed by atoms with E-state index in [1.165, 1.54) is 0 Å². The van der Waals surface area contributed by atoms with Crippen LogP contribution in [0.25, 0.3) is 33.1 Å². The smallest absolute Gasteiger partial charge is 0.353 e. The van der Waals surface area contributed by atoms with Crippen molar-refractivity contribution in [2.45, 2.75) is 19.9 Å². The summed E-state index contributed by atoms with van der Waals surface area (Å²) in [5.41, 5.74) is 4.44. The molecule has 1 N–H and O–H groups in total. The Balaban J connectivity index is 1.85. The zero-order valence-corrected chi connectivity index (χ0v) is 22.3. The van der Waals surface area contributed by atoms with Gasteiger partial charge in [0, 0.05) is 18.2 Å². The Labute approximate surface area is 223 Å². The molecule has 0 aliphatic carbocycles. The molecule has 0 aliphatic heterocycles. The van der Waals surface area contributed by atoms with Crippen molar-refractivity contribution >= 4 is 39.6 Å². The van der Waals surface area contributed by atoms with Crippen LogP contribution in [-0.4, -0.2) is 52.3 Å². The van der Waals surface area contributed by atoms with Crippen LogP contribution in [0.4, 0.5) is 0 Å². The first-order valence-electron chi connectivity index (χ1n) is 12.0. The number of carboxylic acid groups (broad SMARTS) is 1. The summed E-state index contributed by atoms with van der Waals surface area (Å²) in [7, 11) is 4.69. The van der Waals surface area contributed by atoms with Gasteiger partial charge < -0.3 is 28.6 Å². The molecular formula is C28H27N3O6S. The van der Waals surface area contributed by atoms with E-state index < -0.39 is 5.97 Å². The average Bonchev–Trinajstić information content (AvgIpc) is 3.53. The van der Waals surface area contributed by atoms with Crippen molar-refractivity contribution in [1.82, 2.24) is 13.3 Å². The topological polar surface area (TPSA) is 105 Å². The van der Waals surface area contributed by atoms with Gasteiger partial charge in [-0.2, -0.15) is 8.75 Å². The Kier molecular flexibility index (Phi) is 7.06. The fourth-order valence-corrected chi connectivity index (χ4v) is 5.17. The van der Waals surface area contributed by atoms with Crippen molar-refractivity contribution in [1.29, 1.82) is 0 Å². The van der Waals surface area contributed by atoms with Crippen LogP contribution in [0.5, 0.6) is 23.0 Å². The number of benzene rings is 3. The molecular weight excluding hydrogens is 506 g/mol. The summed E-state index contributed by atoms with van der Waals surface area (Å²) >= 11 is 1.14. The monoisotopic (exact) mass is 533 g/mol. The van der Waals surface area contributed by atoms with E-state index in [4.69, 9.17) is 18.9 Å². The summed E-state index contributed by atoms with van der Waals surface area (Å²) in [5, 5.41) is 11.2. The van der Waals surface area contributed by atoms with Crippen LogP contribution in [0.2, 0.25) is 0 Å². The predicted molar refractivity (Wildman–Crippen MR) is 146 cm³/mol. The van der Waals surface area contributed by atoms with Crippen LogP contribution in [0.3, 0.4) is 0 Å². The fraction of sp³-hybridized carbons (Fsp3) is 0.250. The molecule has 0 fully saturated rings. The van der Waals surface area contributed by atoms with E-state index in [1.54, 1.807) is 38.0 Å². The molecule has 0 bridgehead atoms. The summed E-state index contributed by atoms with van der Waals surface area (Å²) in [6.45, 7) is 2.74. The molecule has 38 heavy (non-hydrogen) atoms. The van der Waals surface area contributed by atoms with Gasteiger partial charge in [0.25, 0.3) is 0 Å². The highest BCUT2D eigenvalue weighted by Crippen LogP contribution is 2.49. The number of methoxy groups -OCH3 is 3. The van der Waals surface area contributed by atoms with Crippen LogP contribution >= 0.6 is 11.7 Å². The van der Waals surface area contributed by atoms with Gasteiger partial charge in [-0.25, -0.2) is 4.79 Å². The number of hydrogen-bond acceptors (Lipinski definition) is 8. The van der Waals surface area contributed by atoms with Gasteiger partial charge in [-0.05, 0) is 41.8 Å². The highest BCUT2D eigenvalue weighted by Gasteiger charge is 2.30. The van der Waals surface area contributed by atoms with Gasteiger partial charge in [0.05, 0.1) is 50.6 Å². The van der Waals surface area contributed by atoms with E-state index in [0.29, 0.717) is 51.6 Å². The Bertz CT molecular complexity index is 1620. The van der Waals surface area contributed by atoms with Gasteiger partial charge in [0.15, 0.2) is 11.5 Å². The summed E-state index contributed by atoms with van der Waals surface area (Å²) in [6.07, 6.45) is 0.783. The minimum Gasteiger partial charge on any atom is -0.497 e. The molecule has 0 saturated carbocycles. The number of rotatable bonds is 10. The molecule has 0 atom stereocenters. The van der Waals surface area contributed by atoms with Crippen LogP contribution in [0.15, 0.2) is 48.5 Å². The Morgan fingerprint density at radius 2 is 1.71 bits per heavy atom. The van der Waals surface area contributed by atoms with E-state index in [9.17, 15) is 9.90 Å². The number of hydrogen-bond donors (Lipinski definition) is 1. The third-order valence-corrected chi connectivity index (χ3v) is 6.90. The molecule has 2 aromatic heterocycles. The maximum Gasteiger partial charge on any atom is 0.353 e. The second kappa shape index (κ2) is 10.6. The van der Waals surface area contributed by atoms with Gasteiger partial charge in [0.2, 0.25) is 5.75 Å². The van der Waals surface area contributed by atoms with E-state index in [2.05, 4.69) is 8.75 Å². The SMILES string of the molecule is CCCOc1c(OC)cc2c(c1OC)c(-c1ccc(OC)cc1)c(C(=O)O)n2Cc1ccc2nsnc2c1. The highest BCUT2D eigenvalue weighted by atomic mass is 32.1. The first kappa shape index (κ1) is 25.3.